The Labute approximate surface area is 86.1 Å². The summed E-state index contributed by atoms with van der Waals surface area (Å²) < 4.78 is 5.69. The van der Waals surface area contributed by atoms with Crippen LogP contribution >= 0.6 is 0 Å². The molecule has 14 heavy (non-hydrogen) atoms. The molecule has 1 aromatic carbocycles. The zero-order chi connectivity index (χ0) is 10.6. The van der Waals surface area contributed by atoms with E-state index in [4.69, 9.17) is 10.5 Å². The van der Waals surface area contributed by atoms with Crippen LogP contribution in [0.25, 0.3) is 0 Å². The van der Waals surface area contributed by atoms with Crippen LogP contribution in [0.3, 0.4) is 0 Å². The summed E-state index contributed by atoms with van der Waals surface area (Å²) in [6, 6.07) is 6.14. The van der Waals surface area contributed by atoms with Crippen LogP contribution in [0.2, 0.25) is 0 Å². The van der Waals surface area contributed by atoms with Gasteiger partial charge in [0.2, 0.25) is 0 Å². The molecule has 1 aromatic rings. The quantitative estimate of drug-likeness (QED) is 0.797. The van der Waals surface area contributed by atoms with E-state index < -0.39 is 0 Å². The zero-order valence-corrected chi connectivity index (χ0v) is 9.21. The Morgan fingerprint density at radius 2 is 2.07 bits per heavy atom. The molecule has 0 bridgehead atoms. The van der Waals surface area contributed by atoms with E-state index >= 15 is 0 Å². The van der Waals surface area contributed by atoms with Gasteiger partial charge >= 0.3 is 0 Å². The van der Waals surface area contributed by atoms with Gasteiger partial charge in [-0.3, -0.25) is 0 Å². The summed E-state index contributed by atoms with van der Waals surface area (Å²) >= 11 is 0. The number of benzene rings is 1. The average Bonchev–Trinajstić information content (AvgIpc) is 2.15. The van der Waals surface area contributed by atoms with Gasteiger partial charge in [0.15, 0.2) is 0 Å². The van der Waals surface area contributed by atoms with Gasteiger partial charge in [0, 0.05) is 12.1 Å². The van der Waals surface area contributed by atoms with Gasteiger partial charge in [-0.05, 0) is 24.5 Å². The molecule has 2 N–H and O–H groups in total. The van der Waals surface area contributed by atoms with Crippen LogP contribution in [0.15, 0.2) is 18.2 Å². The first kappa shape index (κ1) is 11.1. The predicted molar refractivity (Wildman–Crippen MR) is 59.4 cm³/mol. The highest BCUT2D eigenvalue weighted by Gasteiger charge is 2.03. The molecule has 0 aliphatic carbocycles. The lowest BCUT2D eigenvalue weighted by Gasteiger charge is -2.12. The maximum Gasteiger partial charge on any atom is 0.124 e. The van der Waals surface area contributed by atoms with Gasteiger partial charge in [0.25, 0.3) is 0 Å². The molecule has 2 nitrogen and oxygen atoms in total. The van der Waals surface area contributed by atoms with Crippen molar-refractivity contribution in [2.45, 2.75) is 27.3 Å². The number of hydrogen-bond donors (Lipinski definition) is 1. The fourth-order valence-electron chi connectivity index (χ4n) is 1.22. The van der Waals surface area contributed by atoms with Crippen LogP contribution in [0, 0.1) is 12.8 Å². The number of aryl methyl sites for hydroxylation is 1. The molecule has 0 amide bonds. The van der Waals surface area contributed by atoms with Gasteiger partial charge < -0.3 is 10.5 Å². The highest BCUT2D eigenvalue weighted by molar-refractivity contribution is 5.36. The molecule has 0 unspecified atom stereocenters. The van der Waals surface area contributed by atoms with E-state index in [1.54, 1.807) is 0 Å². The largest absolute Gasteiger partial charge is 0.493 e. The third-order valence-electron chi connectivity index (χ3n) is 2.01. The Morgan fingerprint density at radius 1 is 1.36 bits per heavy atom. The minimum atomic E-state index is 0.535. The average molecular weight is 193 g/mol. The number of ether oxygens (including phenoxy) is 1. The van der Waals surface area contributed by atoms with Gasteiger partial charge in [-0.15, -0.1) is 0 Å². The summed E-state index contributed by atoms with van der Waals surface area (Å²) in [6.45, 7) is 7.61. The zero-order valence-electron chi connectivity index (χ0n) is 9.21. The van der Waals surface area contributed by atoms with Crippen LogP contribution in [0.4, 0.5) is 0 Å². The summed E-state index contributed by atoms with van der Waals surface area (Å²) in [5.74, 6) is 1.47. The molecule has 0 aromatic heterocycles. The van der Waals surface area contributed by atoms with Crippen molar-refractivity contribution in [3.05, 3.63) is 29.3 Å². The van der Waals surface area contributed by atoms with Crippen molar-refractivity contribution in [2.75, 3.05) is 6.61 Å². The van der Waals surface area contributed by atoms with Crippen molar-refractivity contribution in [1.29, 1.82) is 0 Å². The molecule has 0 atom stereocenters. The Hall–Kier alpha value is -1.02. The van der Waals surface area contributed by atoms with Gasteiger partial charge in [-0.1, -0.05) is 26.0 Å². The highest BCUT2D eigenvalue weighted by Crippen LogP contribution is 2.20. The smallest absolute Gasteiger partial charge is 0.124 e. The minimum Gasteiger partial charge on any atom is -0.493 e. The molecule has 0 spiro atoms. The molecule has 0 fully saturated rings. The van der Waals surface area contributed by atoms with Crippen molar-refractivity contribution in [1.82, 2.24) is 0 Å². The van der Waals surface area contributed by atoms with Crippen molar-refractivity contribution in [2.24, 2.45) is 11.7 Å². The molecular weight excluding hydrogens is 174 g/mol. The number of nitrogens with two attached hydrogens (primary N) is 1. The highest BCUT2D eigenvalue weighted by atomic mass is 16.5. The molecule has 0 heterocycles. The lowest BCUT2D eigenvalue weighted by atomic mass is 10.1. The molecular formula is C12H19NO. The van der Waals surface area contributed by atoms with Crippen molar-refractivity contribution in [3.8, 4) is 5.75 Å². The summed E-state index contributed by atoms with van der Waals surface area (Å²) in [6.07, 6.45) is 0. The maximum absolute atomic E-state index is 5.69. The third kappa shape index (κ3) is 3.04. The third-order valence-corrected chi connectivity index (χ3v) is 2.01. The van der Waals surface area contributed by atoms with E-state index in [2.05, 4.69) is 26.8 Å². The van der Waals surface area contributed by atoms with Crippen LogP contribution in [0.1, 0.15) is 25.0 Å². The van der Waals surface area contributed by atoms with Crippen LogP contribution in [-0.4, -0.2) is 6.61 Å². The predicted octanol–water partition coefficient (Wildman–Crippen LogP) is 2.49. The first-order valence-electron chi connectivity index (χ1n) is 5.06. The molecule has 0 aliphatic heterocycles. The van der Waals surface area contributed by atoms with E-state index in [9.17, 15) is 0 Å². The van der Waals surface area contributed by atoms with Gasteiger partial charge in [0.05, 0.1) is 6.61 Å². The second kappa shape index (κ2) is 5.01. The Balaban J connectivity index is 2.77. The van der Waals surface area contributed by atoms with E-state index in [0.29, 0.717) is 12.5 Å². The van der Waals surface area contributed by atoms with Crippen molar-refractivity contribution < 1.29 is 4.74 Å². The molecule has 2 heteroatoms. The van der Waals surface area contributed by atoms with Crippen LogP contribution in [0.5, 0.6) is 5.75 Å². The second-order valence-electron chi connectivity index (χ2n) is 4.02. The fraction of sp³-hybridized carbons (Fsp3) is 0.500. The summed E-state index contributed by atoms with van der Waals surface area (Å²) in [4.78, 5) is 0. The van der Waals surface area contributed by atoms with E-state index in [-0.39, 0.29) is 0 Å². The van der Waals surface area contributed by atoms with Crippen LogP contribution < -0.4 is 10.5 Å². The van der Waals surface area contributed by atoms with Gasteiger partial charge in [0.1, 0.15) is 5.75 Å². The first-order valence-corrected chi connectivity index (χ1v) is 5.06. The van der Waals surface area contributed by atoms with E-state index in [0.717, 1.165) is 17.9 Å². The molecule has 0 radical (unpaired) electrons. The lowest BCUT2D eigenvalue weighted by Crippen LogP contribution is -2.08. The summed E-state index contributed by atoms with van der Waals surface area (Å²) in [5.41, 5.74) is 7.92. The Morgan fingerprint density at radius 3 is 2.64 bits per heavy atom. The molecule has 0 saturated carbocycles. The van der Waals surface area contributed by atoms with Crippen molar-refractivity contribution >= 4 is 0 Å². The van der Waals surface area contributed by atoms with Crippen molar-refractivity contribution in [3.63, 3.8) is 0 Å². The number of hydrogen-bond acceptors (Lipinski definition) is 2. The Kier molecular flexibility index (Phi) is 3.96. The number of rotatable bonds is 4. The van der Waals surface area contributed by atoms with Crippen LogP contribution in [-0.2, 0) is 6.54 Å². The van der Waals surface area contributed by atoms with Gasteiger partial charge in [-0.25, -0.2) is 0 Å². The fourth-order valence-corrected chi connectivity index (χ4v) is 1.22. The summed E-state index contributed by atoms with van der Waals surface area (Å²) in [7, 11) is 0. The molecule has 0 saturated heterocycles. The normalized spacial score (nSPS) is 10.6. The second-order valence-corrected chi connectivity index (χ2v) is 4.02. The maximum atomic E-state index is 5.69. The monoisotopic (exact) mass is 193 g/mol. The van der Waals surface area contributed by atoms with Gasteiger partial charge in [-0.2, -0.15) is 0 Å². The Bertz CT molecular complexity index is 294. The summed E-state index contributed by atoms with van der Waals surface area (Å²) in [5, 5.41) is 0. The lowest BCUT2D eigenvalue weighted by molar-refractivity contribution is 0.268. The molecule has 0 aliphatic rings. The minimum absolute atomic E-state index is 0.535. The molecule has 78 valence electrons. The molecule has 1 rings (SSSR count). The topological polar surface area (TPSA) is 35.2 Å². The standard InChI is InChI=1S/C12H19NO/c1-9(2)8-14-12-6-10(3)4-5-11(12)7-13/h4-6,9H,7-8,13H2,1-3H3. The van der Waals surface area contributed by atoms with E-state index in [1.165, 1.54) is 5.56 Å². The first-order chi connectivity index (χ1) is 6.63. The SMILES string of the molecule is Cc1ccc(CN)c(OCC(C)C)c1. The van der Waals surface area contributed by atoms with E-state index in [1.807, 2.05) is 12.1 Å².